The molecule has 6 atom stereocenters. The van der Waals surface area contributed by atoms with Crippen molar-refractivity contribution in [3.8, 4) is 5.75 Å². The van der Waals surface area contributed by atoms with E-state index in [2.05, 4.69) is 103 Å². The lowest BCUT2D eigenvalue weighted by molar-refractivity contribution is -0.152. The number of fused-ring (bicyclic) bond motifs is 3. The second kappa shape index (κ2) is 11.7. The Morgan fingerprint density at radius 1 is 1.03 bits per heavy atom. The fourth-order valence-electron chi connectivity index (χ4n) is 6.74. The second-order valence-electron chi connectivity index (χ2n) is 11.0. The van der Waals surface area contributed by atoms with Crippen LogP contribution >= 0.6 is 0 Å². The third kappa shape index (κ3) is 5.23. The van der Waals surface area contributed by atoms with Gasteiger partial charge in [-0.25, -0.2) is 0 Å². The standard InChI is InChI=1S/C33H40N2O3/c1-4-22(2)25-15-16-29(38-3)26(19-25)20-34-31-27-17-18-35(21-28(27)33(36)37)32(31)30(23-11-7-5-8-12-23)24-13-9-6-10-14-24/h5-16,19,22,27-28,30-32,34H,4,17-18,20-21H2,1-3H3,(H,36,37)/t22?,27-,28-,31-,32-/m0/s1. The highest BCUT2D eigenvalue weighted by Crippen LogP contribution is 2.44. The van der Waals surface area contributed by atoms with Crippen molar-refractivity contribution in [3.63, 3.8) is 0 Å². The molecule has 3 heterocycles. The van der Waals surface area contributed by atoms with Crippen molar-refractivity contribution < 1.29 is 14.6 Å². The van der Waals surface area contributed by atoms with E-state index in [4.69, 9.17) is 4.74 Å². The number of methoxy groups -OCH3 is 1. The summed E-state index contributed by atoms with van der Waals surface area (Å²) in [6.45, 7) is 6.64. The Labute approximate surface area is 226 Å². The third-order valence-electron chi connectivity index (χ3n) is 8.94. The summed E-state index contributed by atoms with van der Waals surface area (Å²) in [5.74, 6) is 0.512. The molecular formula is C33H40N2O3. The third-order valence-corrected chi connectivity index (χ3v) is 8.94. The molecule has 3 aromatic rings. The number of rotatable bonds is 10. The van der Waals surface area contributed by atoms with Crippen molar-refractivity contribution in [1.29, 1.82) is 0 Å². The van der Waals surface area contributed by atoms with Crippen molar-refractivity contribution in [3.05, 3.63) is 101 Å². The molecule has 3 aliphatic rings. The Morgan fingerprint density at radius 2 is 1.68 bits per heavy atom. The summed E-state index contributed by atoms with van der Waals surface area (Å²) in [6.07, 6.45) is 1.97. The Kier molecular flexibility index (Phi) is 8.15. The monoisotopic (exact) mass is 512 g/mol. The van der Waals surface area contributed by atoms with Crippen molar-refractivity contribution >= 4 is 5.97 Å². The van der Waals surface area contributed by atoms with Crippen LogP contribution in [0.3, 0.4) is 0 Å². The van der Waals surface area contributed by atoms with Crippen LogP contribution in [0.2, 0.25) is 0 Å². The topological polar surface area (TPSA) is 61.8 Å². The molecule has 6 rings (SSSR count). The molecule has 2 unspecified atom stereocenters. The molecule has 3 aliphatic heterocycles. The van der Waals surface area contributed by atoms with Gasteiger partial charge in [0.1, 0.15) is 5.75 Å². The van der Waals surface area contributed by atoms with Crippen molar-refractivity contribution in [1.82, 2.24) is 10.2 Å². The van der Waals surface area contributed by atoms with Gasteiger partial charge in [-0.05, 0) is 54.0 Å². The van der Waals surface area contributed by atoms with Crippen LogP contribution in [-0.2, 0) is 11.3 Å². The van der Waals surface area contributed by atoms with Crippen LogP contribution < -0.4 is 10.1 Å². The summed E-state index contributed by atoms with van der Waals surface area (Å²) < 4.78 is 5.74. The number of benzene rings is 3. The molecule has 0 saturated carbocycles. The summed E-state index contributed by atoms with van der Waals surface area (Å²) in [7, 11) is 1.72. The first-order chi connectivity index (χ1) is 18.5. The quantitative estimate of drug-likeness (QED) is 0.354. The molecule has 3 fully saturated rings. The number of hydrogen-bond donors (Lipinski definition) is 2. The van der Waals surface area contributed by atoms with Crippen LogP contribution in [0.1, 0.15) is 60.8 Å². The van der Waals surface area contributed by atoms with Gasteiger partial charge in [0.15, 0.2) is 0 Å². The van der Waals surface area contributed by atoms with Crippen LogP contribution in [-0.4, -0.2) is 48.3 Å². The van der Waals surface area contributed by atoms with Crippen molar-refractivity contribution in [2.45, 2.75) is 57.2 Å². The zero-order valence-electron chi connectivity index (χ0n) is 22.7. The molecule has 0 spiro atoms. The number of carboxylic acids is 1. The maximum absolute atomic E-state index is 12.4. The molecule has 200 valence electrons. The normalized spacial score (nSPS) is 25.3. The van der Waals surface area contributed by atoms with Gasteiger partial charge in [-0.2, -0.15) is 0 Å². The van der Waals surface area contributed by atoms with E-state index in [1.807, 2.05) is 0 Å². The zero-order valence-corrected chi connectivity index (χ0v) is 22.7. The number of carboxylic acid groups (broad SMARTS) is 1. The van der Waals surface area contributed by atoms with E-state index in [-0.39, 0.29) is 29.8 Å². The molecular weight excluding hydrogens is 472 g/mol. The predicted octanol–water partition coefficient (Wildman–Crippen LogP) is 5.90. The summed E-state index contributed by atoms with van der Waals surface area (Å²) in [5, 5.41) is 14.1. The molecule has 3 aromatic carbocycles. The molecule has 5 nitrogen and oxygen atoms in total. The first-order valence-corrected chi connectivity index (χ1v) is 14.0. The molecule has 2 bridgehead atoms. The van der Waals surface area contributed by atoms with Crippen LogP contribution in [0.25, 0.3) is 0 Å². The predicted molar refractivity (Wildman–Crippen MR) is 152 cm³/mol. The maximum Gasteiger partial charge on any atom is 0.308 e. The average Bonchev–Trinajstić information content (AvgIpc) is 2.97. The van der Waals surface area contributed by atoms with Gasteiger partial charge in [0.25, 0.3) is 0 Å². The van der Waals surface area contributed by atoms with Gasteiger partial charge >= 0.3 is 5.97 Å². The Morgan fingerprint density at radius 3 is 2.26 bits per heavy atom. The number of nitrogens with one attached hydrogen (secondary N) is 1. The fourth-order valence-corrected chi connectivity index (χ4v) is 6.74. The van der Waals surface area contributed by atoms with Gasteiger partial charge < -0.3 is 15.2 Å². The Bertz CT molecular complexity index is 1180. The van der Waals surface area contributed by atoms with Crippen LogP contribution in [0.4, 0.5) is 0 Å². The van der Waals surface area contributed by atoms with E-state index < -0.39 is 5.97 Å². The first-order valence-electron chi connectivity index (χ1n) is 14.0. The Hall–Kier alpha value is -3.15. The highest BCUT2D eigenvalue weighted by Gasteiger charge is 2.52. The molecule has 2 N–H and O–H groups in total. The second-order valence-corrected chi connectivity index (χ2v) is 11.0. The van der Waals surface area contributed by atoms with Gasteiger partial charge in [-0.3, -0.25) is 9.69 Å². The molecule has 3 saturated heterocycles. The number of ether oxygens (including phenoxy) is 1. The molecule has 0 aromatic heterocycles. The van der Waals surface area contributed by atoms with Crippen LogP contribution in [0.15, 0.2) is 78.9 Å². The lowest BCUT2D eigenvalue weighted by atomic mass is 9.66. The average molecular weight is 513 g/mol. The summed E-state index contributed by atoms with van der Waals surface area (Å²) in [4.78, 5) is 14.8. The SMILES string of the molecule is CCC(C)c1ccc(OC)c(CN[C@H]2[C@H]3CCN(C[C@@H]3C(=O)O)[C@H]2C(c2ccccc2)c2ccccc2)c1. The number of aliphatic carboxylic acids is 1. The van der Waals surface area contributed by atoms with Crippen molar-refractivity contribution in [2.24, 2.45) is 11.8 Å². The number of nitrogens with zero attached hydrogens (tertiary/aromatic N) is 1. The zero-order chi connectivity index (χ0) is 26.6. The van der Waals surface area contributed by atoms with Crippen LogP contribution in [0, 0.1) is 11.8 Å². The van der Waals surface area contributed by atoms with Gasteiger partial charge in [-0.1, -0.05) is 86.6 Å². The minimum Gasteiger partial charge on any atom is -0.496 e. The highest BCUT2D eigenvalue weighted by molar-refractivity contribution is 5.71. The van der Waals surface area contributed by atoms with E-state index in [1.165, 1.54) is 16.7 Å². The maximum atomic E-state index is 12.4. The summed E-state index contributed by atoms with van der Waals surface area (Å²) in [6, 6.07) is 28.1. The Balaban J connectivity index is 1.53. The van der Waals surface area contributed by atoms with E-state index in [0.29, 0.717) is 19.0 Å². The molecule has 5 heteroatoms. The lowest BCUT2D eigenvalue weighted by Crippen LogP contribution is -2.68. The number of hydrogen-bond acceptors (Lipinski definition) is 4. The smallest absolute Gasteiger partial charge is 0.308 e. The van der Waals surface area contributed by atoms with Gasteiger partial charge in [0.05, 0.1) is 13.0 Å². The largest absolute Gasteiger partial charge is 0.496 e. The molecule has 0 aliphatic carbocycles. The number of piperidine rings is 3. The summed E-state index contributed by atoms with van der Waals surface area (Å²) in [5.41, 5.74) is 4.98. The van der Waals surface area contributed by atoms with E-state index in [0.717, 1.165) is 30.7 Å². The van der Waals surface area contributed by atoms with E-state index in [1.54, 1.807) is 7.11 Å². The van der Waals surface area contributed by atoms with E-state index in [9.17, 15) is 9.90 Å². The van der Waals surface area contributed by atoms with Crippen LogP contribution in [0.5, 0.6) is 5.75 Å². The minimum absolute atomic E-state index is 0.0287. The molecule has 38 heavy (non-hydrogen) atoms. The molecule has 0 amide bonds. The lowest BCUT2D eigenvalue weighted by Gasteiger charge is -2.56. The minimum atomic E-state index is -0.683. The fraction of sp³-hybridized carbons (Fsp3) is 0.424. The molecule has 0 radical (unpaired) electrons. The van der Waals surface area contributed by atoms with Gasteiger partial charge in [0.2, 0.25) is 0 Å². The van der Waals surface area contributed by atoms with Gasteiger partial charge in [-0.15, -0.1) is 0 Å². The highest BCUT2D eigenvalue weighted by atomic mass is 16.5. The van der Waals surface area contributed by atoms with E-state index >= 15 is 0 Å². The summed E-state index contributed by atoms with van der Waals surface area (Å²) >= 11 is 0. The first kappa shape index (κ1) is 26.5. The number of carbonyl (C=O) groups is 1. The van der Waals surface area contributed by atoms with Crippen molar-refractivity contribution in [2.75, 3.05) is 20.2 Å². The van der Waals surface area contributed by atoms with Gasteiger partial charge in [0, 0.05) is 36.7 Å².